The summed E-state index contributed by atoms with van der Waals surface area (Å²) in [6.07, 6.45) is 7.39. The topological polar surface area (TPSA) is 25.2 Å². The number of alkyl halides is 1. The first-order valence-corrected chi connectivity index (χ1v) is 5.70. The first-order valence-electron chi connectivity index (χ1n) is 5.70. The number of rotatable bonds is 2. The van der Waals surface area contributed by atoms with E-state index in [1.807, 2.05) is 6.07 Å². The summed E-state index contributed by atoms with van der Waals surface area (Å²) >= 11 is 0. The maximum Gasteiger partial charge on any atom is 0.118 e. The average molecular weight is 209 g/mol. The van der Waals surface area contributed by atoms with E-state index in [2.05, 4.69) is 5.32 Å². The minimum Gasteiger partial charge on any atom is -0.472 e. The van der Waals surface area contributed by atoms with Gasteiger partial charge in [-0.05, 0) is 37.3 Å². The minimum atomic E-state index is -1.01. The molecule has 0 aliphatic carbocycles. The van der Waals surface area contributed by atoms with Gasteiger partial charge in [0.05, 0.1) is 12.5 Å². The summed E-state index contributed by atoms with van der Waals surface area (Å²) in [7, 11) is 0. The van der Waals surface area contributed by atoms with Crippen molar-refractivity contribution in [3.05, 3.63) is 24.2 Å². The van der Waals surface area contributed by atoms with Crippen molar-refractivity contribution in [3.63, 3.8) is 0 Å². The molecule has 3 heterocycles. The number of hydrogen-bond acceptors (Lipinski definition) is 2. The van der Waals surface area contributed by atoms with Gasteiger partial charge >= 0.3 is 0 Å². The Bertz CT molecular complexity index is 323. The van der Waals surface area contributed by atoms with E-state index in [0.717, 1.165) is 18.4 Å². The van der Waals surface area contributed by atoms with Gasteiger partial charge in [-0.15, -0.1) is 0 Å². The van der Waals surface area contributed by atoms with Gasteiger partial charge in [0.25, 0.3) is 0 Å². The minimum absolute atomic E-state index is 0.403. The third-order valence-corrected chi connectivity index (χ3v) is 3.66. The van der Waals surface area contributed by atoms with Crippen LogP contribution in [0.5, 0.6) is 0 Å². The van der Waals surface area contributed by atoms with Crippen molar-refractivity contribution >= 4 is 0 Å². The molecular formula is C12H16FNO. The zero-order valence-corrected chi connectivity index (χ0v) is 8.71. The molecule has 2 bridgehead atoms. The Morgan fingerprint density at radius 1 is 1.40 bits per heavy atom. The molecule has 1 N–H and O–H groups in total. The monoisotopic (exact) mass is 209 g/mol. The van der Waals surface area contributed by atoms with Crippen molar-refractivity contribution < 1.29 is 8.81 Å². The Morgan fingerprint density at radius 2 is 2.13 bits per heavy atom. The van der Waals surface area contributed by atoms with Crippen LogP contribution in [0.1, 0.15) is 31.2 Å². The van der Waals surface area contributed by atoms with Crippen LogP contribution >= 0.6 is 0 Å². The zero-order chi connectivity index (χ0) is 10.3. The van der Waals surface area contributed by atoms with Gasteiger partial charge in [-0.3, -0.25) is 0 Å². The number of nitrogens with one attached hydrogen (secondary N) is 1. The molecule has 1 aromatic rings. The van der Waals surface area contributed by atoms with E-state index in [1.54, 1.807) is 12.5 Å². The second kappa shape index (κ2) is 3.34. The molecule has 2 unspecified atom stereocenters. The molecule has 2 saturated heterocycles. The quantitative estimate of drug-likeness (QED) is 0.809. The van der Waals surface area contributed by atoms with E-state index < -0.39 is 5.67 Å². The van der Waals surface area contributed by atoms with Crippen LogP contribution in [0.2, 0.25) is 0 Å². The summed E-state index contributed by atoms with van der Waals surface area (Å²) in [6, 6.07) is 2.67. The van der Waals surface area contributed by atoms with Gasteiger partial charge in [0.2, 0.25) is 0 Å². The van der Waals surface area contributed by atoms with Crippen LogP contribution in [-0.4, -0.2) is 17.8 Å². The van der Waals surface area contributed by atoms with E-state index >= 15 is 0 Å². The highest BCUT2D eigenvalue weighted by molar-refractivity contribution is 5.12. The van der Waals surface area contributed by atoms with Crippen molar-refractivity contribution in [1.82, 2.24) is 5.32 Å². The number of hydrogen-bond donors (Lipinski definition) is 1. The zero-order valence-electron chi connectivity index (χ0n) is 8.71. The van der Waals surface area contributed by atoms with E-state index in [-0.39, 0.29) is 0 Å². The third-order valence-electron chi connectivity index (χ3n) is 3.66. The lowest BCUT2D eigenvalue weighted by molar-refractivity contribution is 0.0892. The molecule has 0 radical (unpaired) electrons. The molecule has 0 aromatic carbocycles. The highest BCUT2D eigenvalue weighted by atomic mass is 19.1. The molecule has 2 aliphatic rings. The van der Waals surface area contributed by atoms with E-state index in [9.17, 15) is 4.39 Å². The largest absolute Gasteiger partial charge is 0.472 e. The fourth-order valence-electron chi connectivity index (χ4n) is 3.09. The van der Waals surface area contributed by atoms with Crippen LogP contribution in [-0.2, 0) is 6.42 Å². The molecule has 2 atom stereocenters. The molecule has 1 aromatic heterocycles. The van der Waals surface area contributed by atoms with E-state index in [1.165, 1.54) is 0 Å². The van der Waals surface area contributed by atoms with Gasteiger partial charge < -0.3 is 9.73 Å². The van der Waals surface area contributed by atoms with Crippen LogP contribution in [0.25, 0.3) is 0 Å². The summed E-state index contributed by atoms with van der Waals surface area (Å²) in [5.74, 6) is 0. The van der Waals surface area contributed by atoms with E-state index in [4.69, 9.17) is 4.42 Å². The van der Waals surface area contributed by atoms with Crippen molar-refractivity contribution in [3.8, 4) is 0 Å². The fraction of sp³-hybridized carbons (Fsp3) is 0.667. The first-order chi connectivity index (χ1) is 7.23. The standard InChI is InChI=1S/C12H16FNO/c13-12(5-9-3-4-15-8-9)6-10-1-2-11(7-12)14-10/h3-4,8,10-11,14H,1-2,5-7H2. The lowest BCUT2D eigenvalue weighted by Crippen LogP contribution is -2.47. The molecule has 0 amide bonds. The van der Waals surface area contributed by atoms with Crippen LogP contribution in [0.4, 0.5) is 4.39 Å². The summed E-state index contributed by atoms with van der Waals surface area (Å²) in [4.78, 5) is 0. The normalized spacial score (nSPS) is 39.5. The molecular weight excluding hydrogens is 193 g/mol. The molecule has 0 spiro atoms. The second-order valence-corrected chi connectivity index (χ2v) is 5.01. The van der Waals surface area contributed by atoms with Crippen LogP contribution in [0.3, 0.4) is 0 Å². The van der Waals surface area contributed by atoms with Gasteiger partial charge in [-0.1, -0.05) is 0 Å². The lowest BCUT2D eigenvalue weighted by atomic mass is 9.85. The highest BCUT2D eigenvalue weighted by Crippen LogP contribution is 2.38. The van der Waals surface area contributed by atoms with Gasteiger partial charge in [0.15, 0.2) is 0 Å². The molecule has 3 rings (SSSR count). The van der Waals surface area contributed by atoms with Gasteiger partial charge in [-0.25, -0.2) is 4.39 Å². The predicted molar refractivity (Wildman–Crippen MR) is 55.4 cm³/mol. The number of fused-ring (bicyclic) bond motifs is 2. The number of halogens is 1. The van der Waals surface area contributed by atoms with Crippen molar-refractivity contribution in [1.29, 1.82) is 0 Å². The summed E-state index contributed by atoms with van der Waals surface area (Å²) in [5, 5.41) is 3.46. The summed E-state index contributed by atoms with van der Waals surface area (Å²) in [6.45, 7) is 0. The summed E-state index contributed by atoms with van der Waals surface area (Å²) in [5.41, 5.74) is -0.0279. The van der Waals surface area contributed by atoms with Crippen molar-refractivity contribution in [2.45, 2.75) is 49.9 Å². The van der Waals surface area contributed by atoms with Crippen LogP contribution in [0.15, 0.2) is 23.0 Å². The average Bonchev–Trinajstić information content (AvgIpc) is 2.76. The smallest absolute Gasteiger partial charge is 0.118 e. The van der Waals surface area contributed by atoms with Crippen LogP contribution < -0.4 is 5.32 Å². The SMILES string of the molecule is FC1(Cc2ccoc2)CC2CCC(C1)N2. The first kappa shape index (κ1) is 9.40. The third kappa shape index (κ3) is 1.81. The van der Waals surface area contributed by atoms with Gasteiger partial charge in [-0.2, -0.15) is 0 Å². The Kier molecular flexibility index (Phi) is 2.09. The molecule has 2 fully saturated rings. The lowest BCUT2D eigenvalue weighted by Gasteiger charge is -2.34. The fourth-order valence-corrected chi connectivity index (χ4v) is 3.09. The Morgan fingerprint density at radius 3 is 2.73 bits per heavy atom. The number of furan rings is 1. The van der Waals surface area contributed by atoms with Crippen molar-refractivity contribution in [2.24, 2.45) is 0 Å². The number of piperidine rings is 1. The molecule has 82 valence electrons. The predicted octanol–water partition coefficient (Wildman–Crippen LogP) is 2.44. The molecule has 2 nitrogen and oxygen atoms in total. The molecule has 3 heteroatoms. The van der Waals surface area contributed by atoms with Gasteiger partial charge in [0, 0.05) is 18.5 Å². The molecule has 0 saturated carbocycles. The van der Waals surface area contributed by atoms with Crippen LogP contribution in [0, 0.1) is 0 Å². The second-order valence-electron chi connectivity index (χ2n) is 5.01. The Balaban J connectivity index is 1.74. The van der Waals surface area contributed by atoms with Gasteiger partial charge in [0.1, 0.15) is 5.67 Å². The van der Waals surface area contributed by atoms with E-state index in [0.29, 0.717) is 31.3 Å². The molecule has 15 heavy (non-hydrogen) atoms. The van der Waals surface area contributed by atoms with Crippen molar-refractivity contribution in [2.75, 3.05) is 0 Å². The highest BCUT2D eigenvalue weighted by Gasteiger charge is 2.43. The molecule has 2 aliphatic heterocycles. The Labute approximate surface area is 88.8 Å². The maximum absolute atomic E-state index is 14.6. The Hall–Kier alpha value is -0.830. The summed E-state index contributed by atoms with van der Waals surface area (Å²) < 4.78 is 19.6. The maximum atomic E-state index is 14.6.